The van der Waals surface area contributed by atoms with Crippen LogP contribution in [0.2, 0.25) is 0 Å². The Hall–Kier alpha value is -1.55. The van der Waals surface area contributed by atoms with Crippen molar-refractivity contribution in [3.8, 4) is 0 Å². The quantitative estimate of drug-likeness (QED) is 0.577. The van der Waals surface area contributed by atoms with Gasteiger partial charge in [-0.05, 0) is 12.0 Å². The lowest BCUT2D eigenvalue weighted by Crippen LogP contribution is -1.68. The predicted octanol–water partition coefficient (Wildman–Crippen LogP) is 3.66. The molecule has 0 saturated carbocycles. The van der Waals surface area contributed by atoms with Crippen molar-refractivity contribution in [3.63, 3.8) is 0 Å². The molecule has 60 valence electrons. The van der Waals surface area contributed by atoms with Crippen LogP contribution in [-0.4, -0.2) is 0 Å². The SMILES string of the molecule is [C-]#[N+]c1ccc(/C=C/CC)cc1. The maximum atomic E-state index is 6.76. The summed E-state index contributed by atoms with van der Waals surface area (Å²) in [5.41, 5.74) is 1.85. The van der Waals surface area contributed by atoms with E-state index in [-0.39, 0.29) is 0 Å². The van der Waals surface area contributed by atoms with Gasteiger partial charge in [-0.2, -0.15) is 0 Å². The van der Waals surface area contributed by atoms with Crippen LogP contribution in [0.3, 0.4) is 0 Å². The van der Waals surface area contributed by atoms with Crippen LogP contribution in [0.25, 0.3) is 10.9 Å². The minimum Gasteiger partial charge on any atom is -0.238 e. The Labute approximate surface area is 73.2 Å². The maximum Gasteiger partial charge on any atom is 0.187 e. The molecule has 0 aliphatic carbocycles. The Morgan fingerprint density at radius 1 is 1.33 bits per heavy atom. The van der Waals surface area contributed by atoms with Gasteiger partial charge in [0.25, 0.3) is 0 Å². The molecule has 0 radical (unpaired) electrons. The summed E-state index contributed by atoms with van der Waals surface area (Å²) >= 11 is 0. The number of allylic oxidation sites excluding steroid dienone is 1. The van der Waals surface area contributed by atoms with Crippen LogP contribution in [0.1, 0.15) is 18.9 Å². The van der Waals surface area contributed by atoms with E-state index in [1.54, 1.807) is 0 Å². The molecular formula is C11H11N. The Balaban J connectivity index is 2.80. The number of hydrogen-bond donors (Lipinski definition) is 0. The van der Waals surface area contributed by atoms with Gasteiger partial charge >= 0.3 is 0 Å². The third-order valence-electron chi connectivity index (χ3n) is 1.57. The van der Waals surface area contributed by atoms with Crippen molar-refractivity contribution in [2.75, 3.05) is 0 Å². The van der Waals surface area contributed by atoms with Gasteiger partial charge in [-0.1, -0.05) is 43.3 Å². The molecule has 1 nitrogen and oxygen atoms in total. The van der Waals surface area contributed by atoms with E-state index in [1.165, 1.54) is 0 Å². The highest BCUT2D eigenvalue weighted by Gasteiger charge is 1.88. The van der Waals surface area contributed by atoms with Gasteiger partial charge in [0, 0.05) is 0 Å². The van der Waals surface area contributed by atoms with Crippen LogP contribution >= 0.6 is 0 Å². The molecular weight excluding hydrogens is 146 g/mol. The topological polar surface area (TPSA) is 4.36 Å². The zero-order valence-electron chi connectivity index (χ0n) is 7.12. The summed E-state index contributed by atoms with van der Waals surface area (Å²) in [6.07, 6.45) is 5.21. The molecule has 12 heavy (non-hydrogen) atoms. The fourth-order valence-corrected chi connectivity index (χ4v) is 0.914. The highest BCUT2D eigenvalue weighted by atomic mass is 14.6. The lowest BCUT2D eigenvalue weighted by Gasteiger charge is -1.92. The molecule has 1 rings (SSSR count). The van der Waals surface area contributed by atoms with Crippen LogP contribution < -0.4 is 0 Å². The smallest absolute Gasteiger partial charge is 0.187 e. The summed E-state index contributed by atoms with van der Waals surface area (Å²) in [7, 11) is 0. The number of hydrogen-bond acceptors (Lipinski definition) is 0. The molecule has 0 fully saturated rings. The molecule has 1 heteroatoms. The fourth-order valence-electron chi connectivity index (χ4n) is 0.914. The van der Waals surface area contributed by atoms with Crippen molar-refractivity contribution in [1.82, 2.24) is 0 Å². The molecule has 0 aliphatic rings. The normalized spacial score (nSPS) is 10.0. The van der Waals surface area contributed by atoms with E-state index < -0.39 is 0 Å². The standard InChI is InChI=1S/C11H11N/c1-3-4-5-10-6-8-11(12-2)9-7-10/h4-9H,3H2,1H3/b5-4+. The van der Waals surface area contributed by atoms with Gasteiger partial charge < -0.3 is 0 Å². The van der Waals surface area contributed by atoms with Crippen molar-refractivity contribution in [3.05, 3.63) is 47.3 Å². The van der Waals surface area contributed by atoms with E-state index in [0.717, 1.165) is 12.0 Å². The predicted molar refractivity (Wildman–Crippen MR) is 52.0 cm³/mol. The average Bonchev–Trinajstić information content (AvgIpc) is 2.15. The van der Waals surface area contributed by atoms with Gasteiger partial charge in [0.15, 0.2) is 5.69 Å². The zero-order chi connectivity index (χ0) is 8.81. The van der Waals surface area contributed by atoms with Crippen molar-refractivity contribution >= 4 is 11.8 Å². The highest BCUT2D eigenvalue weighted by molar-refractivity contribution is 5.55. The second kappa shape index (κ2) is 4.35. The molecule has 0 spiro atoms. The number of rotatable bonds is 2. The Morgan fingerprint density at radius 2 is 2.00 bits per heavy atom. The van der Waals surface area contributed by atoms with Gasteiger partial charge in [-0.15, -0.1) is 0 Å². The molecule has 1 aromatic carbocycles. The first-order valence-electron chi connectivity index (χ1n) is 4.01. The Morgan fingerprint density at radius 3 is 2.50 bits per heavy atom. The van der Waals surface area contributed by atoms with Crippen LogP contribution in [0.15, 0.2) is 30.3 Å². The minimum absolute atomic E-state index is 0.698. The third-order valence-corrected chi connectivity index (χ3v) is 1.57. The van der Waals surface area contributed by atoms with Gasteiger partial charge in [0.05, 0.1) is 6.57 Å². The van der Waals surface area contributed by atoms with Gasteiger partial charge in [-0.25, -0.2) is 4.85 Å². The second-order valence-electron chi connectivity index (χ2n) is 2.51. The minimum atomic E-state index is 0.698. The molecule has 0 N–H and O–H groups in total. The molecule has 0 atom stereocenters. The average molecular weight is 157 g/mol. The van der Waals surface area contributed by atoms with Crippen molar-refractivity contribution in [2.24, 2.45) is 0 Å². The first-order chi connectivity index (χ1) is 5.86. The summed E-state index contributed by atoms with van der Waals surface area (Å²) in [4.78, 5) is 3.32. The zero-order valence-corrected chi connectivity index (χ0v) is 7.12. The first kappa shape index (κ1) is 8.55. The largest absolute Gasteiger partial charge is 0.238 e. The van der Waals surface area contributed by atoms with E-state index in [1.807, 2.05) is 24.3 Å². The molecule has 0 aliphatic heterocycles. The third kappa shape index (κ3) is 2.25. The Bertz CT molecular complexity index is 301. The van der Waals surface area contributed by atoms with Gasteiger partial charge in [-0.3, -0.25) is 0 Å². The molecule has 0 heterocycles. The fraction of sp³-hybridized carbons (Fsp3) is 0.182. The van der Waals surface area contributed by atoms with Crippen LogP contribution in [0, 0.1) is 6.57 Å². The van der Waals surface area contributed by atoms with Crippen molar-refractivity contribution < 1.29 is 0 Å². The number of nitrogens with zero attached hydrogens (tertiary/aromatic N) is 1. The van der Waals surface area contributed by atoms with Crippen LogP contribution in [0.5, 0.6) is 0 Å². The molecule has 0 amide bonds. The molecule has 0 unspecified atom stereocenters. The molecule has 0 saturated heterocycles. The van der Waals surface area contributed by atoms with Crippen molar-refractivity contribution in [1.29, 1.82) is 0 Å². The molecule has 0 bridgehead atoms. The summed E-state index contributed by atoms with van der Waals surface area (Å²) < 4.78 is 0. The maximum absolute atomic E-state index is 6.76. The lowest BCUT2D eigenvalue weighted by atomic mass is 10.2. The van der Waals surface area contributed by atoms with Crippen molar-refractivity contribution in [2.45, 2.75) is 13.3 Å². The Kier molecular flexibility index (Phi) is 3.10. The lowest BCUT2D eigenvalue weighted by molar-refractivity contribution is 1.23. The van der Waals surface area contributed by atoms with E-state index in [4.69, 9.17) is 6.57 Å². The summed E-state index contributed by atoms with van der Waals surface area (Å²) in [5, 5.41) is 0. The van der Waals surface area contributed by atoms with E-state index in [9.17, 15) is 0 Å². The number of benzene rings is 1. The second-order valence-corrected chi connectivity index (χ2v) is 2.51. The van der Waals surface area contributed by atoms with Gasteiger partial charge in [0.2, 0.25) is 0 Å². The molecule has 0 aromatic heterocycles. The monoisotopic (exact) mass is 157 g/mol. The summed E-state index contributed by atoms with van der Waals surface area (Å²) in [6.45, 7) is 8.86. The van der Waals surface area contributed by atoms with Crippen LogP contribution in [-0.2, 0) is 0 Å². The van der Waals surface area contributed by atoms with E-state index in [0.29, 0.717) is 5.69 Å². The van der Waals surface area contributed by atoms with E-state index >= 15 is 0 Å². The first-order valence-corrected chi connectivity index (χ1v) is 4.01. The highest BCUT2D eigenvalue weighted by Crippen LogP contribution is 2.13. The van der Waals surface area contributed by atoms with E-state index in [2.05, 4.69) is 23.9 Å². The van der Waals surface area contributed by atoms with Gasteiger partial charge in [0.1, 0.15) is 0 Å². The van der Waals surface area contributed by atoms with Crippen LogP contribution in [0.4, 0.5) is 5.69 Å². The summed E-state index contributed by atoms with van der Waals surface area (Å²) in [5.74, 6) is 0. The summed E-state index contributed by atoms with van der Waals surface area (Å²) in [6, 6.07) is 7.59. The molecule has 1 aromatic rings.